The van der Waals surface area contributed by atoms with Gasteiger partial charge in [-0.25, -0.2) is 9.13 Å². The first kappa shape index (κ1) is 123. The second kappa shape index (κ2) is 65.8. The number of rotatable bonds is 76. The zero-order valence-electron chi connectivity index (χ0n) is 81.3. The van der Waals surface area contributed by atoms with Crippen molar-refractivity contribution in [3.8, 4) is 12.1 Å². The predicted molar refractivity (Wildman–Crippen MR) is 493 cm³/mol. The van der Waals surface area contributed by atoms with E-state index in [0.29, 0.717) is 89.9 Å². The number of β-amino-alcohol motifs (C(OH)–C–C–N with tert-alkyl or cyclic N) is 1. The number of ether oxygens (including phenoxy) is 11. The number of unbranched alkanes of at least 4 members (excludes halogenated alkanes) is 8. The van der Waals surface area contributed by atoms with Gasteiger partial charge in [0.15, 0.2) is 18.9 Å². The van der Waals surface area contributed by atoms with Crippen molar-refractivity contribution in [2.75, 3.05) is 133 Å². The molecule has 13 N–H and O–H groups in total. The zero-order chi connectivity index (χ0) is 102. The lowest BCUT2D eigenvalue weighted by atomic mass is 9.92. The van der Waals surface area contributed by atoms with Gasteiger partial charge in [-0.3, -0.25) is 65.5 Å². The van der Waals surface area contributed by atoms with Gasteiger partial charge in [0.25, 0.3) is 0 Å². The molecule has 6 fully saturated rings. The first-order chi connectivity index (χ1) is 66.3. The van der Waals surface area contributed by atoms with Gasteiger partial charge >= 0.3 is 15.6 Å². The first-order valence-corrected chi connectivity index (χ1v) is 53.5. The number of nitrogens with one attached hydrogen (secondary N) is 2. The minimum absolute atomic E-state index is 0.00113. The highest BCUT2D eigenvalue weighted by Gasteiger charge is 2.50. The molecule has 0 saturated carbocycles. The fraction of sp³-hybridized carbons (Fsp3) is 0.879. The smallest absolute Gasteiger partial charge is 0.394 e. The van der Waals surface area contributed by atoms with Crippen molar-refractivity contribution >= 4 is 76.1 Å². The Balaban J connectivity index is 1.11. The molecule has 0 aromatic rings. The number of nitrogens with zero attached hydrogens (tertiary/aromatic N) is 3. The number of aliphatic hydroxyl groups excluding tert-OH is 10. The molecule has 6 aliphatic heterocycles. The summed E-state index contributed by atoms with van der Waals surface area (Å²) >= 11 is 0. The van der Waals surface area contributed by atoms with Crippen molar-refractivity contribution in [1.29, 1.82) is 10.5 Å². The number of hydrogen-bond donors (Lipinski definition) is 13. The third-order valence-corrected chi connectivity index (χ3v) is 29.0. The normalized spacial score (nSPS) is 29.4. The summed E-state index contributed by atoms with van der Waals surface area (Å²) < 4.78 is 140. The number of phosphoric ester groups is 2. The molecule has 6 aliphatic rings. The molecular formula is C91H156N5O40P3. The number of aliphatic hydroxyl groups is 10. The number of carbonyl (C=O) groups excluding carboxylic acids is 8. The van der Waals surface area contributed by atoms with Crippen LogP contribution in [0.15, 0.2) is 0 Å². The summed E-state index contributed by atoms with van der Waals surface area (Å²) in [4.78, 5) is 120. The van der Waals surface area contributed by atoms with Gasteiger partial charge in [-0.05, 0) is 104 Å². The number of amides is 3. The summed E-state index contributed by atoms with van der Waals surface area (Å²) in [6.45, 7) is 2.89. The van der Waals surface area contributed by atoms with E-state index in [1.54, 1.807) is 34.6 Å². The topological polar surface area (TPSA) is 643 Å². The van der Waals surface area contributed by atoms with E-state index in [9.17, 15) is 114 Å². The number of carbonyl (C=O) groups is 8. The van der Waals surface area contributed by atoms with Gasteiger partial charge in [0, 0.05) is 141 Å². The summed E-state index contributed by atoms with van der Waals surface area (Å²) in [5.74, 6) is -4.26. The van der Waals surface area contributed by atoms with Crippen LogP contribution in [0.25, 0.3) is 0 Å². The van der Waals surface area contributed by atoms with E-state index >= 15 is 0 Å². The van der Waals surface area contributed by atoms with Gasteiger partial charge in [-0.1, -0.05) is 33.6 Å². The Hall–Kier alpha value is -4.70. The molecule has 3 amide bonds. The second-order valence-corrected chi connectivity index (χ2v) is 41.8. The van der Waals surface area contributed by atoms with Crippen LogP contribution in [-0.4, -0.2) is 374 Å². The standard InChI is InChI=1S/C91H156N5O40P3/c1-60-46-72(77(130-60)55-127-137(7,115)118-6)136-139(117,126-42-23-36-93)129-56-78-73(47-61(2)131-78)135-138(116,125-41-22-35-92)128-54-65-48-71(105)50-96(65)81(108)49-80(107)95-91(57-119-43-32-69(103)26-12-8-10-24-66(100)29-15-19-38-122-88-62(3)82(109)85(112)74(51-97)132-88,58-120-44-33-70(104)27-13-9-11-25-67(101)30-16-20-39-123-89-63(4)83(110)86(113)75(52-98)133-89)59-121-45-34-79(106)94-37-18-14-28-68(102)31-17-21-40-124-90-64(5)84(111)87(114)76(53-99)134-90/h60-65,71-78,82-90,97-99,105,109-115H,7-34,37-59H2,1-6H3,(H,94,106)(H,95,107)/t60-,61-,62?,63?,64?,65-,71+,72-,73?,74?,75?,76?,77+,78+,82+,83+,84+,85-,86-,87-,88+,89+,90+,91?,137?,138?,139?/m0/s1. The Morgan fingerprint density at radius 2 is 0.791 bits per heavy atom. The van der Waals surface area contributed by atoms with Crippen molar-refractivity contribution in [2.24, 2.45) is 17.8 Å². The molecule has 26 atom stereocenters. The van der Waals surface area contributed by atoms with Crippen LogP contribution < -0.4 is 10.6 Å². The summed E-state index contributed by atoms with van der Waals surface area (Å²) in [6.07, 6.45) is -8.88. The summed E-state index contributed by atoms with van der Waals surface area (Å²) in [7, 11) is -11.8. The molecule has 0 aliphatic carbocycles. The van der Waals surface area contributed by atoms with Gasteiger partial charge in [0.05, 0.1) is 160 Å². The van der Waals surface area contributed by atoms with Gasteiger partial charge in [0.2, 0.25) is 25.3 Å². The highest BCUT2D eigenvalue weighted by molar-refractivity contribution is 7.58. The Labute approximate surface area is 814 Å². The van der Waals surface area contributed by atoms with Crippen LogP contribution >= 0.6 is 23.2 Å². The Morgan fingerprint density at radius 3 is 1.17 bits per heavy atom. The maximum absolute atomic E-state index is 14.9. The maximum Gasteiger partial charge on any atom is 0.475 e. The van der Waals surface area contributed by atoms with Crippen molar-refractivity contribution in [3.63, 3.8) is 0 Å². The van der Waals surface area contributed by atoms with Crippen molar-refractivity contribution in [2.45, 2.75) is 362 Å². The molecule has 48 heteroatoms. The van der Waals surface area contributed by atoms with E-state index in [1.165, 1.54) is 7.11 Å². The average molecular weight is 2050 g/mol. The number of nitriles is 2. The van der Waals surface area contributed by atoms with E-state index in [1.807, 2.05) is 12.1 Å². The highest BCUT2D eigenvalue weighted by Crippen LogP contribution is 2.56. The molecule has 0 spiro atoms. The number of ketones is 5. The number of hydrogen-bond acceptors (Lipinski definition) is 42. The van der Waals surface area contributed by atoms with Crippen molar-refractivity contribution in [1.82, 2.24) is 15.5 Å². The third-order valence-electron chi connectivity index (χ3n) is 24.8. The van der Waals surface area contributed by atoms with Gasteiger partial charge in [-0.15, -0.1) is 0 Å². The summed E-state index contributed by atoms with van der Waals surface area (Å²) in [5, 5.41) is 126. The zero-order valence-corrected chi connectivity index (χ0v) is 84.0. The lowest BCUT2D eigenvalue weighted by molar-refractivity contribution is -0.282. The van der Waals surface area contributed by atoms with Crippen LogP contribution in [-0.2, 0) is 136 Å². The van der Waals surface area contributed by atoms with E-state index in [0.717, 1.165) is 4.90 Å². The molecule has 0 aromatic carbocycles. The fourth-order valence-electron chi connectivity index (χ4n) is 16.5. The minimum atomic E-state index is -4.85. The fourth-order valence-corrected chi connectivity index (χ4v) is 19.8. The summed E-state index contributed by atoms with van der Waals surface area (Å²) in [5.41, 5.74) is -1.74. The summed E-state index contributed by atoms with van der Waals surface area (Å²) in [6, 6.07) is 2.65. The van der Waals surface area contributed by atoms with Gasteiger partial charge < -0.3 is 133 Å². The van der Waals surface area contributed by atoms with Crippen LogP contribution in [0.3, 0.4) is 0 Å². The third kappa shape index (κ3) is 45.3. The van der Waals surface area contributed by atoms with Crippen LogP contribution in [0.4, 0.5) is 0 Å². The Morgan fingerprint density at radius 1 is 0.432 bits per heavy atom. The monoisotopic (exact) mass is 2050 g/mol. The number of likely N-dealkylation sites (tertiary alicyclic amines) is 1. The lowest BCUT2D eigenvalue weighted by Gasteiger charge is -2.40. The largest absolute Gasteiger partial charge is 0.475 e. The molecule has 0 bridgehead atoms. The molecule has 139 heavy (non-hydrogen) atoms. The van der Waals surface area contributed by atoms with Crippen molar-refractivity contribution in [3.05, 3.63) is 0 Å². The van der Waals surface area contributed by atoms with E-state index in [-0.39, 0.29) is 191 Å². The van der Waals surface area contributed by atoms with E-state index in [2.05, 4.69) is 16.9 Å². The molecule has 6 saturated heterocycles. The molecule has 45 nitrogen and oxygen atoms in total. The predicted octanol–water partition coefficient (Wildman–Crippen LogP) is 4.32. The van der Waals surface area contributed by atoms with Crippen LogP contribution in [0, 0.1) is 40.4 Å². The second-order valence-electron chi connectivity index (χ2n) is 36.6. The molecule has 800 valence electrons. The van der Waals surface area contributed by atoms with Crippen LogP contribution in [0.2, 0.25) is 0 Å². The van der Waals surface area contributed by atoms with E-state index in [4.69, 9.17) is 88.3 Å². The van der Waals surface area contributed by atoms with Crippen LogP contribution in [0.5, 0.6) is 0 Å². The molecule has 0 aromatic heterocycles. The van der Waals surface area contributed by atoms with Crippen LogP contribution in [0.1, 0.15) is 234 Å². The van der Waals surface area contributed by atoms with E-state index < -0.39 is 259 Å². The highest BCUT2D eigenvalue weighted by atomic mass is 31.2. The molecule has 0 radical (unpaired) electrons. The number of Topliss-reactive ketones (excluding diaryl/α,β-unsaturated/α-hetero) is 5. The van der Waals surface area contributed by atoms with Crippen molar-refractivity contribution < 1.29 is 192 Å². The molecule has 6 heterocycles. The van der Waals surface area contributed by atoms with Gasteiger partial charge in [0.1, 0.15) is 102 Å². The quantitative estimate of drug-likeness (QED) is 0.0229. The maximum atomic E-state index is 14.9. The Bertz CT molecular complexity index is 3660. The minimum Gasteiger partial charge on any atom is -0.394 e. The molecular weight excluding hydrogens is 1900 g/mol. The molecule has 10 unspecified atom stereocenters. The average Bonchev–Trinajstić information content (AvgIpc) is 1.73. The first-order valence-electron chi connectivity index (χ1n) is 48.8. The molecule has 6 rings (SSSR count). The Kier molecular flexibility index (Phi) is 58.2. The van der Waals surface area contributed by atoms with Gasteiger partial charge in [-0.2, -0.15) is 10.5 Å². The lowest BCUT2D eigenvalue weighted by Crippen LogP contribution is -2.59. The number of phosphoric acid groups is 2. The SMILES string of the molecule is C=P(O)(OC)OC[C@H]1O[C@@H](C)C[C@@H]1OP(=O)(OCCC#N)OC[C@H]1O[C@@H](C)CC1OP(=O)(OCCC#N)OC[C@@H]1C[C@@H](O)CN1C(=O)CC(=O)NC(COCCC(=O)CCCCCC(=O)CCCCO[C@@H]1OC(CO)[C@H](O)[C@H](O)C1C)(COCCC(=O)CCCCCC(=O)CCCCO[C@@H]1OC(CO)[C@H](O)[C@H](O)C1C)COCCC(=O)NCCCCC(=O)CCCCO[C@@H]1OC(CO)[C@H](O)[C@H](O)C1C.